The van der Waals surface area contributed by atoms with Crippen molar-refractivity contribution in [2.24, 2.45) is 0 Å². The van der Waals surface area contributed by atoms with Crippen molar-refractivity contribution >= 4 is 12.2 Å². The quantitative estimate of drug-likeness (QED) is 0.792. The SMILES string of the molecule is CCn1c(-c2ccco2)nn(CN2CCC(OC)CC2)c1=S. The lowest BCUT2D eigenvalue weighted by atomic mass is 10.1. The molecule has 1 fully saturated rings. The smallest absolute Gasteiger partial charge is 0.199 e. The number of methoxy groups -OCH3 is 1. The molecule has 7 heteroatoms. The summed E-state index contributed by atoms with van der Waals surface area (Å²) >= 11 is 5.57. The first-order valence-electron chi connectivity index (χ1n) is 7.69. The van der Waals surface area contributed by atoms with Crippen LogP contribution in [0.25, 0.3) is 11.6 Å². The van der Waals surface area contributed by atoms with E-state index in [0.29, 0.717) is 6.10 Å². The minimum Gasteiger partial charge on any atom is -0.461 e. The van der Waals surface area contributed by atoms with Gasteiger partial charge in [-0.25, -0.2) is 4.68 Å². The van der Waals surface area contributed by atoms with E-state index in [1.165, 1.54) is 0 Å². The van der Waals surface area contributed by atoms with Crippen LogP contribution in [-0.4, -0.2) is 45.6 Å². The van der Waals surface area contributed by atoms with E-state index in [-0.39, 0.29) is 0 Å². The second kappa shape index (κ2) is 6.76. The monoisotopic (exact) mass is 322 g/mol. The van der Waals surface area contributed by atoms with Gasteiger partial charge in [0.25, 0.3) is 0 Å². The van der Waals surface area contributed by atoms with Crippen LogP contribution < -0.4 is 0 Å². The lowest BCUT2D eigenvalue weighted by molar-refractivity contribution is 0.0301. The molecular formula is C15H22N4O2S. The molecule has 1 saturated heterocycles. The molecule has 0 spiro atoms. The zero-order chi connectivity index (χ0) is 15.5. The highest BCUT2D eigenvalue weighted by atomic mass is 32.1. The summed E-state index contributed by atoms with van der Waals surface area (Å²) in [5.74, 6) is 1.55. The maximum Gasteiger partial charge on any atom is 0.199 e. The third kappa shape index (κ3) is 3.02. The Morgan fingerprint density at radius 1 is 1.41 bits per heavy atom. The Bertz CT molecular complexity index is 654. The predicted octanol–water partition coefficient (Wildman–Crippen LogP) is 2.76. The Morgan fingerprint density at radius 3 is 2.77 bits per heavy atom. The maximum atomic E-state index is 5.57. The van der Waals surface area contributed by atoms with Crippen LogP contribution in [0.1, 0.15) is 19.8 Å². The molecule has 0 aliphatic carbocycles. The molecule has 3 heterocycles. The molecule has 1 aliphatic rings. The highest BCUT2D eigenvalue weighted by Crippen LogP contribution is 2.20. The maximum absolute atomic E-state index is 5.57. The van der Waals surface area contributed by atoms with Gasteiger partial charge in [0.05, 0.1) is 19.0 Å². The zero-order valence-corrected chi connectivity index (χ0v) is 13.9. The van der Waals surface area contributed by atoms with Crippen molar-refractivity contribution in [3.05, 3.63) is 23.2 Å². The average molecular weight is 322 g/mol. The number of hydrogen-bond donors (Lipinski definition) is 0. The first-order chi connectivity index (χ1) is 10.7. The fourth-order valence-corrected chi connectivity index (χ4v) is 3.20. The van der Waals surface area contributed by atoms with E-state index < -0.39 is 0 Å². The molecule has 2 aromatic heterocycles. The standard InChI is InChI=1S/C15H22N4O2S/c1-3-18-14(13-5-4-10-21-13)16-19(15(18)22)11-17-8-6-12(20-2)7-9-17/h4-5,10,12H,3,6-9,11H2,1-2H3. The molecule has 120 valence electrons. The minimum absolute atomic E-state index is 0.385. The molecule has 6 nitrogen and oxygen atoms in total. The molecule has 0 bridgehead atoms. The summed E-state index contributed by atoms with van der Waals surface area (Å²) in [6, 6.07) is 3.78. The van der Waals surface area contributed by atoms with E-state index in [4.69, 9.17) is 21.4 Å². The Labute approximate surface area is 135 Å². The van der Waals surface area contributed by atoms with E-state index >= 15 is 0 Å². The number of rotatable bonds is 5. The first-order valence-corrected chi connectivity index (χ1v) is 8.10. The normalized spacial score (nSPS) is 17.2. The number of furan rings is 1. The van der Waals surface area contributed by atoms with Gasteiger partial charge in [0.1, 0.15) is 0 Å². The Hall–Kier alpha value is -1.44. The van der Waals surface area contributed by atoms with Gasteiger partial charge in [-0.3, -0.25) is 9.47 Å². The van der Waals surface area contributed by atoms with Crippen LogP contribution in [0.3, 0.4) is 0 Å². The summed E-state index contributed by atoms with van der Waals surface area (Å²) < 4.78 is 15.5. The number of aromatic nitrogens is 3. The lowest BCUT2D eigenvalue weighted by Crippen LogP contribution is -2.38. The number of hydrogen-bond acceptors (Lipinski definition) is 5. The molecule has 3 rings (SSSR count). The Morgan fingerprint density at radius 2 is 2.18 bits per heavy atom. The van der Waals surface area contributed by atoms with E-state index in [0.717, 1.165) is 55.5 Å². The van der Waals surface area contributed by atoms with Crippen molar-refractivity contribution in [1.82, 2.24) is 19.2 Å². The van der Waals surface area contributed by atoms with Crippen molar-refractivity contribution in [3.8, 4) is 11.6 Å². The number of nitrogens with zero attached hydrogens (tertiary/aromatic N) is 4. The van der Waals surface area contributed by atoms with Gasteiger partial charge >= 0.3 is 0 Å². The Kier molecular flexibility index (Phi) is 4.75. The van der Waals surface area contributed by atoms with Crippen molar-refractivity contribution in [2.45, 2.75) is 39.1 Å². The van der Waals surface area contributed by atoms with Gasteiger partial charge < -0.3 is 9.15 Å². The van der Waals surface area contributed by atoms with E-state index in [1.54, 1.807) is 13.4 Å². The molecule has 0 atom stereocenters. The average Bonchev–Trinajstić information content (AvgIpc) is 3.17. The number of ether oxygens (including phenoxy) is 1. The second-order valence-corrected chi connectivity index (χ2v) is 5.89. The Balaban J connectivity index is 1.79. The fourth-order valence-electron chi connectivity index (χ4n) is 2.88. The molecule has 0 amide bonds. The molecule has 0 N–H and O–H groups in total. The highest BCUT2D eigenvalue weighted by molar-refractivity contribution is 7.71. The summed E-state index contributed by atoms with van der Waals surface area (Å²) in [5, 5.41) is 4.67. The van der Waals surface area contributed by atoms with E-state index in [2.05, 4.69) is 16.9 Å². The van der Waals surface area contributed by atoms with E-state index in [9.17, 15) is 0 Å². The molecule has 0 unspecified atom stereocenters. The van der Waals surface area contributed by atoms with Crippen LogP contribution in [0.4, 0.5) is 0 Å². The highest BCUT2D eigenvalue weighted by Gasteiger charge is 2.20. The topological polar surface area (TPSA) is 48.4 Å². The first kappa shape index (κ1) is 15.5. The molecule has 0 saturated carbocycles. The molecule has 22 heavy (non-hydrogen) atoms. The van der Waals surface area contributed by atoms with Gasteiger partial charge in [-0.15, -0.1) is 5.10 Å². The van der Waals surface area contributed by atoms with Crippen molar-refractivity contribution in [2.75, 3.05) is 20.2 Å². The van der Waals surface area contributed by atoms with Crippen LogP contribution in [0.15, 0.2) is 22.8 Å². The molecule has 0 radical (unpaired) electrons. The number of piperidine rings is 1. The van der Waals surface area contributed by atoms with Crippen molar-refractivity contribution < 1.29 is 9.15 Å². The van der Waals surface area contributed by atoms with Crippen LogP contribution in [0.2, 0.25) is 0 Å². The second-order valence-electron chi connectivity index (χ2n) is 5.52. The summed E-state index contributed by atoms with van der Waals surface area (Å²) in [6.45, 7) is 5.58. The zero-order valence-electron chi connectivity index (χ0n) is 13.1. The molecule has 0 aromatic carbocycles. The lowest BCUT2D eigenvalue weighted by Gasteiger charge is -2.30. The largest absolute Gasteiger partial charge is 0.461 e. The van der Waals surface area contributed by atoms with Crippen LogP contribution in [0.5, 0.6) is 0 Å². The van der Waals surface area contributed by atoms with Crippen molar-refractivity contribution in [1.29, 1.82) is 0 Å². The number of likely N-dealkylation sites (tertiary alicyclic amines) is 1. The van der Waals surface area contributed by atoms with Gasteiger partial charge in [0.2, 0.25) is 0 Å². The van der Waals surface area contributed by atoms with E-state index in [1.807, 2.05) is 21.4 Å². The summed E-state index contributed by atoms with van der Waals surface area (Å²) in [4.78, 5) is 2.37. The molecular weight excluding hydrogens is 300 g/mol. The van der Waals surface area contributed by atoms with Gasteiger partial charge in [-0.1, -0.05) is 0 Å². The van der Waals surface area contributed by atoms with Crippen LogP contribution in [-0.2, 0) is 18.0 Å². The van der Waals surface area contributed by atoms with Crippen molar-refractivity contribution in [3.63, 3.8) is 0 Å². The van der Waals surface area contributed by atoms with Crippen LogP contribution >= 0.6 is 12.2 Å². The predicted molar refractivity (Wildman–Crippen MR) is 86.0 cm³/mol. The summed E-state index contributed by atoms with van der Waals surface area (Å²) in [7, 11) is 1.79. The van der Waals surface area contributed by atoms with Crippen LogP contribution in [0, 0.1) is 4.77 Å². The minimum atomic E-state index is 0.385. The van der Waals surface area contributed by atoms with Gasteiger partial charge in [-0.2, -0.15) is 0 Å². The van der Waals surface area contributed by atoms with Gasteiger partial charge in [-0.05, 0) is 44.1 Å². The van der Waals surface area contributed by atoms with Gasteiger partial charge in [0, 0.05) is 26.7 Å². The van der Waals surface area contributed by atoms with Gasteiger partial charge in [0.15, 0.2) is 16.4 Å². The third-order valence-corrected chi connectivity index (χ3v) is 4.61. The fraction of sp³-hybridized carbons (Fsp3) is 0.600. The summed E-state index contributed by atoms with van der Waals surface area (Å²) in [6.07, 6.45) is 4.16. The third-order valence-electron chi connectivity index (χ3n) is 4.18. The summed E-state index contributed by atoms with van der Waals surface area (Å²) in [5.41, 5.74) is 0. The molecule has 2 aromatic rings. The molecule has 1 aliphatic heterocycles.